The zero-order chi connectivity index (χ0) is 11.5. The molecule has 1 unspecified atom stereocenters. The van der Waals surface area contributed by atoms with Crippen molar-refractivity contribution in [3.05, 3.63) is 0 Å². The van der Waals surface area contributed by atoms with Gasteiger partial charge in [0.2, 0.25) is 0 Å². The molecule has 0 saturated carbocycles. The van der Waals surface area contributed by atoms with Crippen LogP contribution in [0.15, 0.2) is 0 Å². The average Bonchev–Trinajstić information content (AvgIpc) is 3.16. The Morgan fingerprint density at radius 3 is 2.19 bits per heavy atom. The van der Waals surface area contributed by atoms with E-state index in [2.05, 4.69) is 17.6 Å². The Hall–Kier alpha value is -0.160. The van der Waals surface area contributed by atoms with Gasteiger partial charge in [0.05, 0.1) is 13.2 Å². The van der Waals surface area contributed by atoms with Gasteiger partial charge in [-0.15, -0.1) is 0 Å². The Kier molecular flexibility index (Phi) is 8.71. The van der Waals surface area contributed by atoms with Gasteiger partial charge in [-0.25, -0.2) is 0 Å². The lowest BCUT2D eigenvalue weighted by Gasteiger charge is -2.11. The molecule has 0 aromatic heterocycles. The van der Waals surface area contributed by atoms with Crippen LogP contribution in [0.5, 0.6) is 0 Å². The van der Waals surface area contributed by atoms with E-state index in [9.17, 15) is 0 Å². The predicted octanol–water partition coefficient (Wildman–Crippen LogP) is 0.771. The number of hydrogen-bond acceptors (Lipinski definition) is 4. The van der Waals surface area contributed by atoms with Crippen LogP contribution in [0.3, 0.4) is 0 Å². The molecule has 0 amide bonds. The van der Waals surface area contributed by atoms with Crippen molar-refractivity contribution in [3.63, 3.8) is 0 Å². The van der Waals surface area contributed by atoms with Crippen molar-refractivity contribution in [1.82, 2.24) is 10.6 Å². The summed E-state index contributed by atoms with van der Waals surface area (Å²) < 4.78 is 10.3. The van der Waals surface area contributed by atoms with Crippen molar-refractivity contribution in [3.8, 4) is 0 Å². The van der Waals surface area contributed by atoms with Gasteiger partial charge in [-0.1, -0.05) is 19.8 Å². The predicted molar refractivity (Wildman–Crippen MR) is 65.8 cm³/mol. The smallest absolute Gasteiger partial charge is 0.104 e. The van der Waals surface area contributed by atoms with Gasteiger partial charge in [-0.3, -0.25) is 0 Å². The Bertz CT molecular complexity index is 136. The molecule has 2 fully saturated rings. The number of piperazine rings is 1. The van der Waals surface area contributed by atoms with Gasteiger partial charge in [-0.2, -0.15) is 0 Å². The lowest BCUT2D eigenvalue weighted by molar-refractivity contribution is 0.113. The zero-order valence-electron chi connectivity index (χ0n) is 10.5. The summed E-state index contributed by atoms with van der Waals surface area (Å²) in [7, 11) is 0. The van der Waals surface area contributed by atoms with E-state index >= 15 is 0 Å². The molecule has 2 aliphatic heterocycles. The van der Waals surface area contributed by atoms with Crippen molar-refractivity contribution in [2.24, 2.45) is 0 Å². The first-order valence-electron chi connectivity index (χ1n) is 6.54. The van der Waals surface area contributed by atoms with E-state index in [0.717, 1.165) is 46.0 Å². The maximum absolute atomic E-state index is 5.33. The number of nitrogens with one attached hydrogen (secondary N) is 2. The molecule has 2 N–H and O–H groups in total. The van der Waals surface area contributed by atoms with Gasteiger partial charge >= 0.3 is 0 Å². The molecule has 2 saturated heterocycles. The van der Waals surface area contributed by atoms with Gasteiger partial charge in [0.1, 0.15) is 6.10 Å². The highest BCUT2D eigenvalue weighted by molar-refractivity contribution is 4.66. The van der Waals surface area contributed by atoms with E-state index in [-0.39, 0.29) is 0 Å². The van der Waals surface area contributed by atoms with Crippen molar-refractivity contribution in [1.29, 1.82) is 0 Å². The van der Waals surface area contributed by atoms with Gasteiger partial charge in [0, 0.05) is 32.8 Å². The Labute approximate surface area is 99.1 Å². The molecule has 0 bridgehead atoms. The highest BCUT2D eigenvalue weighted by atomic mass is 16.6. The molecular formula is C12H26N2O2. The second-order valence-corrected chi connectivity index (χ2v) is 4.24. The molecule has 16 heavy (non-hydrogen) atoms. The fourth-order valence-corrected chi connectivity index (χ4v) is 1.44. The van der Waals surface area contributed by atoms with Crippen molar-refractivity contribution in [2.45, 2.75) is 32.3 Å². The van der Waals surface area contributed by atoms with Crippen LogP contribution in [0, 0.1) is 0 Å². The summed E-state index contributed by atoms with van der Waals surface area (Å²) in [5.41, 5.74) is 0. The molecule has 1 atom stereocenters. The summed E-state index contributed by atoms with van der Waals surface area (Å²) >= 11 is 0. The molecule has 0 aromatic carbocycles. The summed E-state index contributed by atoms with van der Waals surface area (Å²) in [6, 6.07) is 0. The van der Waals surface area contributed by atoms with Crippen LogP contribution in [0.4, 0.5) is 0 Å². The molecule has 0 aliphatic carbocycles. The third-order valence-electron chi connectivity index (χ3n) is 2.56. The van der Waals surface area contributed by atoms with E-state index in [0.29, 0.717) is 6.10 Å². The molecule has 96 valence electrons. The van der Waals surface area contributed by atoms with Crippen LogP contribution in [0.25, 0.3) is 0 Å². The minimum Gasteiger partial charge on any atom is -0.379 e. The van der Waals surface area contributed by atoms with Crippen LogP contribution in [-0.2, 0) is 9.47 Å². The molecule has 2 aliphatic rings. The highest BCUT2D eigenvalue weighted by Crippen LogP contribution is 2.08. The van der Waals surface area contributed by atoms with Gasteiger partial charge in [0.25, 0.3) is 0 Å². The second kappa shape index (κ2) is 10.0. The molecule has 2 rings (SSSR count). The van der Waals surface area contributed by atoms with Crippen LogP contribution < -0.4 is 10.6 Å². The van der Waals surface area contributed by atoms with Crippen LogP contribution in [0.1, 0.15) is 26.2 Å². The lowest BCUT2D eigenvalue weighted by atomic mass is 10.3. The summed E-state index contributed by atoms with van der Waals surface area (Å²) in [6.45, 7) is 9.38. The van der Waals surface area contributed by atoms with Crippen molar-refractivity contribution in [2.75, 3.05) is 46.0 Å². The normalized spacial score (nSPS) is 23.4. The number of rotatable bonds is 6. The molecule has 0 spiro atoms. The van der Waals surface area contributed by atoms with Crippen molar-refractivity contribution >= 4 is 0 Å². The van der Waals surface area contributed by atoms with Crippen LogP contribution in [-0.4, -0.2) is 52.1 Å². The van der Waals surface area contributed by atoms with Gasteiger partial charge in [-0.05, 0) is 6.42 Å². The molecule has 2 heterocycles. The van der Waals surface area contributed by atoms with E-state index < -0.39 is 0 Å². The monoisotopic (exact) mass is 230 g/mol. The van der Waals surface area contributed by atoms with E-state index in [4.69, 9.17) is 9.47 Å². The summed E-state index contributed by atoms with van der Waals surface area (Å²) in [5, 5.41) is 6.44. The minimum atomic E-state index is 0.432. The number of unbranched alkanes of at least 4 members (excludes halogenated alkanes) is 2. The zero-order valence-corrected chi connectivity index (χ0v) is 10.5. The summed E-state index contributed by atoms with van der Waals surface area (Å²) in [5.74, 6) is 0. The average molecular weight is 230 g/mol. The summed E-state index contributed by atoms with van der Waals surface area (Å²) in [4.78, 5) is 0. The number of epoxide rings is 1. The maximum atomic E-state index is 5.33. The largest absolute Gasteiger partial charge is 0.379 e. The SMILES string of the molecule is C1CNCCN1.CCCCCOCC1CO1. The van der Waals surface area contributed by atoms with E-state index in [1.807, 2.05) is 0 Å². The Morgan fingerprint density at radius 2 is 1.75 bits per heavy atom. The Morgan fingerprint density at radius 1 is 1.12 bits per heavy atom. The molecule has 0 aromatic rings. The number of ether oxygens (including phenoxy) is 2. The quantitative estimate of drug-likeness (QED) is 0.523. The van der Waals surface area contributed by atoms with Crippen LogP contribution >= 0.6 is 0 Å². The Balaban J connectivity index is 0.000000181. The maximum Gasteiger partial charge on any atom is 0.104 e. The third-order valence-corrected chi connectivity index (χ3v) is 2.56. The fourth-order valence-electron chi connectivity index (χ4n) is 1.44. The van der Waals surface area contributed by atoms with Crippen molar-refractivity contribution < 1.29 is 9.47 Å². The molecule has 4 nitrogen and oxygen atoms in total. The highest BCUT2D eigenvalue weighted by Gasteiger charge is 2.21. The lowest BCUT2D eigenvalue weighted by Crippen LogP contribution is -2.39. The first-order valence-corrected chi connectivity index (χ1v) is 6.54. The van der Waals surface area contributed by atoms with Crippen LogP contribution in [0.2, 0.25) is 0 Å². The summed E-state index contributed by atoms with van der Waals surface area (Å²) in [6.07, 6.45) is 4.18. The van der Waals surface area contributed by atoms with E-state index in [1.165, 1.54) is 19.3 Å². The van der Waals surface area contributed by atoms with Gasteiger partial charge in [0.15, 0.2) is 0 Å². The minimum absolute atomic E-state index is 0.432. The van der Waals surface area contributed by atoms with Gasteiger partial charge < -0.3 is 20.1 Å². The first-order chi connectivity index (χ1) is 7.93. The molecule has 0 radical (unpaired) electrons. The fraction of sp³-hybridized carbons (Fsp3) is 1.00. The van der Waals surface area contributed by atoms with E-state index in [1.54, 1.807) is 0 Å². The first kappa shape index (κ1) is 13.9. The third kappa shape index (κ3) is 9.09. The number of hydrogen-bond donors (Lipinski definition) is 2. The standard InChI is InChI=1S/C8H16O2.C4H10N2/c1-2-3-4-5-9-6-8-7-10-8;1-2-6-4-3-5-1/h8H,2-7H2,1H3;5-6H,1-4H2. The molecule has 4 heteroatoms. The second-order valence-electron chi connectivity index (χ2n) is 4.24. The topological polar surface area (TPSA) is 45.8 Å². The molecular weight excluding hydrogens is 204 g/mol.